The third-order valence-corrected chi connectivity index (χ3v) is 4.23. The molecular formula is C16H22ClNO. The fraction of sp³-hybridized carbons (Fsp3) is 0.562. The fourth-order valence-electron chi connectivity index (χ4n) is 2.48. The van der Waals surface area contributed by atoms with Gasteiger partial charge in [-0.15, -0.1) is 0 Å². The maximum absolute atomic E-state index is 12.1. The van der Waals surface area contributed by atoms with Crippen molar-refractivity contribution in [3.63, 3.8) is 0 Å². The SMILES string of the molecule is CCN(CCC(=O)c1cccc(Cl)c1)CC1CCC1. The van der Waals surface area contributed by atoms with Crippen molar-refractivity contribution in [1.82, 2.24) is 4.90 Å². The number of rotatable bonds is 7. The molecule has 0 radical (unpaired) electrons. The van der Waals surface area contributed by atoms with Gasteiger partial charge in [0.15, 0.2) is 5.78 Å². The van der Waals surface area contributed by atoms with E-state index in [1.54, 1.807) is 12.1 Å². The van der Waals surface area contributed by atoms with Gasteiger partial charge in [-0.2, -0.15) is 0 Å². The smallest absolute Gasteiger partial charge is 0.164 e. The first-order valence-corrected chi connectivity index (χ1v) is 7.58. The highest BCUT2D eigenvalue weighted by Gasteiger charge is 2.20. The Morgan fingerprint density at radius 3 is 2.79 bits per heavy atom. The monoisotopic (exact) mass is 279 g/mol. The molecule has 19 heavy (non-hydrogen) atoms. The number of Topliss-reactive ketones (excluding diaryl/α,β-unsaturated/α-hetero) is 1. The van der Waals surface area contributed by atoms with Crippen molar-refractivity contribution >= 4 is 17.4 Å². The molecule has 2 rings (SSSR count). The summed E-state index contributed by atoms with van der Waals surface area (Å²) in [6.45, 7) is 5.21. The highest BCUT2D eigenvalue weighted by molar-refractivity contribution is 6.31. The number of halogens is 1. The molecule has 1 fully saturated rings. The van der Waals surface area contributed by atoms with Gasteiger partial charge in [-0.25, -0.2) is 0 Å². The van der Waals surface area contributed by atoms with Crippen LogP contribution in [-0.2, 0) is 0 Å². The summed E-state index contributed by atoms with van der Waals surface area (Å²) in [6.07, 6.45) is 4.68. The van der Waals surface area contributed by atoms with E-state index in [9.17, 15) is 4.79 Å². The van der Waals surface area contributed by atoms with Crippen LogP contribution in [0.2, 0.25) is 5.02 Å². The molecular weight excluding hydrogens is 258 g/mol. The van der Waals surface area contributed by atoms with E-state index in [0.29, 0.717) is 11.4 Å². The molecule has 0 aromatic heterocycles. The van der Waals surface area contributed by atoms with Crippen molar-refractivity contribution in [2.24, 2.45) is 5.92 Å². The molecule has 0 spiro atoms. The summed E-state index contributed by atoms with van der Waals surface area (Å²) >= 11 is 5.91. The van der Waals surface area contributed by atoms with Crippen LogP contribution >= 0.6 is 11.6 Å². The van der Waals surface area contributed by atoms with Crippen molar-refractivity contribution in [3.8, 4) is 0 Å². The summed E-state index contributed by atoms with van der Waals surface area (Å²) in [6, 6.07) is 7.23. The van der Waals surface area contributed by atoms with Gasteiger partial charge in [0.1, 0.15) is 0 Å². The Balaban J connectivity index is 1.81. The summed E-state index contributed by atoms with van der Waals surface area (Å²) in [5.41, 5.74) is 0.729. The predicted octanol–water partition coefficient (Wildman–Crippen LogP) is 4.03. The lowest BCUT2D eigenvalue weighted by Crippen LogP contribution is -2.34. The first kappa shape index (κ1) is 14.5. The quantitative estimate of drug-likeness (QED) is 0.702. The first-order chi connectivity index (χ1) is 9.19. The van der Waals surface area contributed by atoms with Gasteiger partial charge < -0.3 is 4.90 Å². The number of nitrogens with zero attached hydrogens (tertiary/aromatic N) is 1. The zero-order chi connectivity index (χ0) is 13.7. The van der Waals surface area contributed by atoms with Crippen molar-refractivity contribution < 1.29 is 4.79 Å². The molecule has 0 amide bonds. The van der Waals surface area contributed by atoms with Crippen LogP contribution < -0.4 is 0 Å². The Kier molecular flexibility index (Phi) is 5.41. The van der Waals surface area contributed by atoms with Gasteiger partial charge >= 0.3 is 0 Å². The zero-order valence-electron chi connectivity index (χ0n) is 11.6. The van der Waals surface area contributed by atoms with Gasteiger partial charge in [-0.05, 0) is 37.4 Å². The average molecular weight is 280 g/mol. The second-order valence-electron chi connectivity index (χ2n) is 5.37. The van der Waals surface area contributed by atoms with E-state index in [4.69, 9.17) is 11.6 Å². The van der Waals surface area contributed by atoms with E-state index in [-0.39, 0.29) is 5.78 Å². The number of benzene rings is 1. The maximum atomic E-state index is 12.1. The van der Waals surface area contributed by atoms with Crippen LogP contribution in [0.15, 0.2) is 24.3 Å². The molecule has 1 aliphatic rings. The van der Waals surface area contributed by atoms with Gasteiger partial charge in [-0.1, -0.05) is 37.1 Å². The van der Waals surface area contributed by atoms with E-state index < -0.39 is 0 Å². The molecule has 0 saturated heterocycles. The second-order valence-corrected chi connectivity index (χ2v) is 5.81. The van der Waals surface area contributed by atoms with Crippen molar-refractivity contribution in [3.05, 3.63) is 34.9 Å². The molecule has 1 aliphatic carbocycles. The van der Waals surface area contributed by atoms with E-state index in [1.807, 2.05) is 12.1 Å². The number of hydrogen-bond donors (Lipinski definition) is 0. The highest BCUT2D eigenvalue weighted by Crippen LogP contribution is 2.27. The van der Waals surface area contributed by atoms with E-state index in [2.05, 4.69) is 11.8 Å². The van der Waals surface area contributed by atoms with Crippen LogP contribution in [0.4, 0.5) is 0 Å². The summed E-state index contributed by atoms with van der Waals surface area (Å²) in [4.78, 5) is 14.5. The molecule has 1 saturated carbocycles. The normalized spacial score (nSPS) is 15.5. The third-order valence-electron chi connectivity index (χ3n) is 3.99. The molecule has 1 aromatic carbocycles. The van der Waals surface area contributed by atoms with Crippen molar-refractivity contribution in [2.45, 2.75) is 32.6 Å². The van der Waals surface area contributed by atoms with E-state index in [1.165, 1.54) is 19.3 Å². The van der Waals surface area contributed by atoms with Crippen LogP contribution in [0.5, 0.6) is 0 Å². The largest absolute Gasteiger partial charge is 0.303 e. The molecule has 0 heterocycles. The Morgan fingerprint density at radius 1 is 1.42 bits per heavy atom. The van der Waals surface area contributed by atoms with Crippen LogP contribution in [0.25, 0.3) is 0 Å². The minimum absolute atomic E-state index is 0.189. The number of carbonyl (C=O) groups is 1. The molecule has 0 bridgehead atoms. The Labute approximate surface area is 120 Å². The Morgan fingerprint density at radius 2 is 2.21 bits per heavy atom. The van der Waals surface area contributed by atoms with Crippen molar-refractivity contribution in [1.29, 1.82) is 0 Å². The summed E-state index contributed by atoms with van der Waals surface area (Å²) in [7, 11) is 0. The first-order valence-electron chi connectivity index (χ1n) is 7.20. The van der Waals surface area contributed by atoms with Crippen LogP contribution in [0.3, 0.4) is 0 Å². The zero-order valence-corrected chi connectivity index (χ0v) is 12.3. The number of carbonyl (C=O) groups excluding carboxylic acids is 1. The molecule has 0 aliphatic heterocycles. The van der Waals surface area contributed by atoms with Gasteiger partial charge in [0.05, 0.1) is 0 Å². The van der Waals surface area contributed by atoms with Crippen LogP contribution in [-0.4, -0.2) is 30.3 Å². The molecule has 2 nitrogen and oxygen atoms in total. The minimum Gasteiger partial charge on any atom is -0.303 e. The maximum Gasteiger partial charge on any atom is 0.164 e. The van der Waals surface area contributed by atoms with E-state index >= 15 is 0 Å². The van der Waals surface area contributed by atoms with Gasteiger partial charge in [-0.3, -0.25) is 4.79 Å². The highest BCUT2D eigenvalue weighted by atomic mass is 35.5. The molecule has 3 heteroatoms. The molecule has 1 aromatic rings. The Hall–Kier alpha value is -0.860. The van der Waals surface area contributed by atoms with Gasteiger partial charge in [0.2, 0.25) is 0 Å². The molecule has 0 N–H and O–H groups in total. The number of ketones is 1. The van der Waals surface area contributed by atoms with Crippen molar-refractivity contribution in [2.75, 3.05) is 19.6 Å². The Bertz CT molecular complexity index is 429. The average Bonchev–Trinajstić information content (AvgIpc) is 2.36. The lowest BCUT2D eigenvalue weighted by molar-refractivity contribution is 0.0954. The summed E-state index contributed by atoms with van der Waals surface area (Å²) < 4.78 is 0. The topological polar surface area (TPSA) is 20.3 Å². The molecule has 0 atom stereocenters. The minimum atomic E-state index is 0.189. The lowest BCUT2D eigenvalue weighted by atomic mass is 9.85. The third kappa shape index (κ3) is 4.32. The number of hydrogen-bond acceptors (Lipinski definition) is 2. The fourth-order valence-corrected chi connectivity index (χ4v) is 2.68. The lowest BCUT2D eigenvalue weighted by Gasteiger charge is -2.31. The van der Waals surface area contributed by atoms with Gasteiger partial charge in [0.25, 0.3) is 0 Å². The standard InChI is InChI=1S/C16H22ClNO/c1-2-18(12-13-5-3-6-13)10-9-16(19)14-7-4-8-15(17)11-14/h4,7-8,11,13H,2-3,5-6,9-10,12H2,1H3. The summed E-state index contributed by atoms with van der Waals surface area (Å²) in [5.74, 6) is 1.05. The van der Waals surface area contributed by atoms with Gasteiger partial charge in [0, 0.05) is 30.1 Å². The van der Waals surface area contributed by atoms with E-state index in [0.717, 1.165) is 31.1 Å². The predicted molar refractivity (Wildman–Crippen MR) is 79.9 cm³/mol. The summed E-state index contributed by atoms with van der Waals surface area (Å²) in [5, 5.41) is 0.632. The van der Waals surface area contributed by atoms with Crippen LogP contribution in [0, 0.1) is 5.92 Å². The molecule has 0 unspecified atom stereocenters. The molecule has 104 valence electrons. The second kappa shape index (κ2) is 7.06. The van der Waals surface area contributed by atoms with Crippen LogP contribution in [0.1, 0.15) is 43.0 Å².